The lowest BCUT2D eigenvalue weighted by atomic mass is 9.72. The molecule has 122 valence electrons. The molecule has 2 aromatic rings. The van der Waals surface area contributed by atoms with Gasteiger partial charge in [0, 0.05) is 10.6 Å². The Kier molecular flexibility index (Phi) is 4.02. The molecule has 1 aromatic carbocycles. The first-order valence-electron chi connectivity index (χ1n) is 7.68. The van der Waals surface area contributed by atoms with Gasteiger partial charge in [-0.15, -0.1) is 0 Å². The SMILES string of the molecule is CC1(C)CC[C@@H](C(=O)c2ccc(Cl)cc2)[C@@]1(O)Cn1cncn1. The summed E-state index contributed by atoms with van der Waals surface area (Å²) in [6.45, 7) is 4.25. The van der Waals surface area contributed by atoms with Crippen LogP contribution < -0.4 is 0 Å². The smallest absolute Gasteiger partial charge is 0.168 e. The number of hydrogen-bond donors (Lipinski definition) is 1. The molecule has 1 heterocycles. The standard InChI is InChI=1S/C17H20ClN3O2/c1-16(2)8-7-14(15(22)12-3-5-13(18)6-4-12)17(16,23)9-21-11-19-10-20-21/h3-6,10-11,14,23H,7-9H2,1-2H3/t14-,17-/m0/s1. The number of nitrogens with zero attached hydrogens (tertiary/aromatic N) is 3. The van der Waals surface area contributed by atoms with Crippen molar-refractivity contribution in [1.29, 1.82) is 0 Å². The number of aromatic nitrogens is 3. The van der Waals surface area contributed by atoms with Crippen LogP contribution in [0.25, 0.3) is 0 Å². The lowest BCUT2D eigenvalue weighted by Crippen LogP contribution is -2.51. The average Bonchev–Trinajstić information content (AvgIpc) is 3.07. The van der Waals surface area contributed by atoms with Crippen molar-refractivity contribution in [3.8, 4) is 0 Å². The fraction of sp³-hybridized carbons (Fsp3) is 0.471. The summed E-state index contributed by atoms with van der Waals surface area (Å²) in [4.78, 5) is 16.9. The van der Waals surface area contributed by atoms with Gasteiger partial charge in [-0.05, 0) is 42.5 Å². The number of halogens is 1. The maximum absolute atomic E-state index is 12.9. The van der Waals surface area contributed by atoms with E-state index < -0.39 is 11.5 Å². The van der Waals surface area contributed by atoms with E-state index in [9.17, 15) is 9.90 Å². The molecule has 5 nitrogen and oxygen atoms in total. The number of aliphatic hydroxyl groups is 1. The van der Waals surface area contributed by atoms with Crippen LogP contribution in [0, 0.1) is 11.3 Å². The minimum Gasteiger partial charge on any atom is -0.387 e. The zero-order valence-corrected chi connectivity index (χ0v) is 14.0. The Hall–Kier alpha value is -1.72. The highest BCUT2D eigenvalue weighted by Crippen LogP contribution is 2.51. The van der Waals surface area contributed by atoms with Crippen molar-refractivity contribution in [1.82, 2.24) is 14.8 Å². The fourth-order valence-electron chi connectivity index (χ4n) is 3.48. The van der Waals surface area contributed by atoms with Gasteiger partial charge in [0.05, 0.1) is 18.1 Å². The first kappa shape index (κ1) is 16.1. The number of rotatable bonds is 4. The molecule has 0 bridgehead atoms. The third kappa shape index (κ3) is 2.79. The maximum Gasteiger partial charge on any atom is 0.168 e. The quantitative estimate of drug-likeness (QED) is 0.873. The van der Waals surface area contributed by atoms with Gasteiger partial charge in [0.2, 0.25) is 0 Å². The van der Waals surface area contributed by atoms with Crippen LogP contribution >= 0.6 is 11.6 Å². The van der Waals surface area contributed by atoms with Crippen LogP contribution in [0.4, 0.5) is 0 Å². The molecule has 2 atom stereocenters. The second-order valence-corrected chi connectivity index (χ2v) is 7.30. The molecule has 0 spiro atoms. The van der Waals surface area contributed by atoms with E-state index in [2.05, 4.69) is 10.1 Å². The molecule has 0 amide bonds. The highest BCUT2D eigenvalue weighted by atomic mass is 35.5. The van der Waals surface area contributed by atoms with Gasteiger partial charge in [-0.3, -0.25) is 9.48 Å². The van der Waals surface area contributed by atoms with E-state index in [1.54, 1.807) is 35.3 Å². The van der Waals surface area contributed by atoms with E-state index >= 15 is 0 Å². The minimum atomic E-state index is -1.17. The van der Waals surface area contributed by atoms with Gasteiger partial charge in [0.1, 0.15) is 12.7 Å². The molecule has 1 fully saturated rings. The molecule has 1 aliphatic rings. The monoisotopic (exact) mass is 333 g/mol. The molecule has 0 saturated heterocycles. The lowest BCUT2D eigenvalue weighted by Gasteiger charge is -2.40. The number of carbonyl (C=O) groups excluding carboxylic acids is 1. The zero-order chi connectivity index (χ0) is 16.7. The van der Waals surface area contributed by atoms with E-state index in [0.29, 0.717) is 17.0 Å². The molecule has 1 N–H and O–H groups in total. The number of carbonyl (C=O) groups is 1. The second kappa shape index (κ2) is 5.73. The van der Waals surface area contributed by atoms with Crippen LogP contribution in [0.2, 0.25) is 5.02 Å². The summed E-state index contributed by atoms with van der Waals surface area (Å²) in [7, 11) is 0. The molecule has 0 aliphatic heterocycles. The van der Waals surface area contributed by atoms with Crippen LogP contribution in [-0.2, 0) is 6.54 Å². The summed E-state index contributed by atoms with van der Waals surface area (Å²) in [5.41, 5.74) is -0.975. The van der Waals surface area contributed by atoms with Crippen molar-refractivity contribution >= 4 is 17.4 Å². The van der Waals surface area contributed by atoms with E-state index in [0.717, 1.165) is 6.42 Å². The molecule has 6 heteroatoms. The lowest BCUT2D eigenvalue weighted by molar-refractivity contribution is -0.0812. The van der Waals surface area contributed by atoms with E-state index in [4.69, 9.17) is 11.6 Å². The van der Waals surface area contributed by atoms with Crippen LogP contribution in [0.15, 0.2) is 36.9 Å². The average molecular weight is 334 g/mol. The van der Waals surface area contributed by atoms with Gasteiger partial charge in [-0.2, -0.15) is 5.10 Å². The fourth-order valence-corrected chi connectivity index (χ4v) is 3.61. The van der Waals surface area contributed by atoms with Crippen molar-refractivity contribution in [2.75, 3.05) is 0 Å². The van der Waals surface area contributed by atoms with Gasteiger partial charge >= 0.3 is 0 Å². The molecule has 3 rings (SSSR count). The first-order valence-corrected chi connectivity index (χ1v) is 8.06. The largest absolute Gasteiger partial charge is 0.387 e. The van der Waals surface area contributed by atoms with Crippen molar-refractivity contribution in [3.63, 3.8) is 0 Å². The Morgan fingerprint density at radius 3 is 2.70 bits per heavy atom. The zero-order valence-electron chi connectivity index (χ0n) is 13.2. The van der Waals surface area contributed by atoms with Crippen LogP contribution in [-0.4, -0.2) is 31.3 Å². The van der Waals surface area contributed by atoms with Crippen molar-refractivity contribution < 1.29 is 9.90 Å². The predicted octanol–water partition coefficient (Wildman–Crippen LogP) is 2.98. The summed E-state index contributed by atoms with van der Waals surface area (Å²) >= 11 is 5.89. The van der Waals surface area contributed by atoms with Crippen LogP contribution in [0.5, 0.6) is 0 Å². The molecule has 0 radical (unpaired) electrons. The van der Waals surface area contributed by atoms with Gasteiger partial charge in [-0.25, -0.2) is 4.98 Å². The van der Waals surface area contributed by atoms with Crippen molar-refractivity contribution in [2.45, 2.75) is 38.8 Å². The molecule has 1 aliphatic carbocycles. The summed E-state index contributed by atoms with van der Waals surface area (Å²) in [5.74, 6) is -0.516. The molecular weight excluding hydrogens is 314 g/mol. The molecule has 23 heavy (non-hydrogen) atoms. The van der Waals surface area contributed by atoms with E-state index in [1.807, 2.05) is 13.8 Å². The highest BCUT2D eigenvalue weighted by Gasteiger charge is 2.57. The Morgan fingerprint density at radius 1 is 1.39 bits per heavy atom. The van der Waals surface area contributed by atoms with Gasteiger partial charge in [0.15, 0.2) is 5.78 Å². The number of Topliss-reactive ketones (excluding diaryl/α,β-unsaturated/α-hetero) is 1. The van der Waals surface area contributed by atoms with Crippen LogP contribution in [0.3, 0.4) is 0 Å². The third-order valence-corrected chi connectivity index (χ3v) is 5.37. The van der Waals surface area contributed by atoms with Crippen LogP contribution in [0.1, 0.15) is 37.0 Å². The van der Waals surface area contributed by atoms with Gasteiger partial charge < -0.3 is 5.11 Å². The van der Waals surface area contributed by atoms with Crippen molar-refractivity contribution in [2.24, 2.45) is 11.3 Å². The summed E-state index contributed by atoms with van der Waals surface area (Å²) < 4.78 is 1.59. The molecule has 1 aromatic heterocycles. The topological polar surface area (TPSA) is 68.0 Å². The second-order valence-electron chi connectivity index (χ2n) is 6.86. The number of ketones is 1. The molecule has 1 saturated carbocycles. The normalized spacial score (nSPS) is 26.3. The Labute approximate surface area is 140 Å². The highest BCUT2D eigenvalue weighted by molar-refractivity contribution is 6.30. The van der Waals surface area contributed by atoms with Crippen molar-refractivity contribution in [3.05, 3.63) is 47.5 Å². The van der Waals surface area contributed by atoms with Gasteiger partial charge in [0.25, 0.3) is 0 Å². The molecule has 0 unspecified atom stereocenters. The minimum absolute atomic E-state index is 0.0464. The van der Waals surface area contributed by atoms with Gasteiger partial charge in [-0.1, -0.05) is 25.4 Å². The van der Waals surface area contributed by atoms with E-state index in [-0.39, 0.29) is 17.7 Å². The number of benzene rings is 1. The third-order valence-electron chi connectivity index (χ3n) is 5.12. The Bertz CT molecular complexity index is 697. The Balaban J connectivity index is 1.93. The maximum atomic E-state index is 12.9. The predicted molar refractivity (Wildman–Crippen MR) is 87.3 cm³/mol. The Morgan fingerprint density at radius 2 is 2.09 bits per heavy atom. The summed E-state index contributed by atoms with van der Waals surface area (Å²) in [6.07, 6.45) is 4.43. The summed E-state index contributed by atoms with van der Waals surface area (Å²) in [6, 6.07) is 6.83. The summed E-state index contributed by atoms with van der Waals surface area (Å²) in [5, 5.41) is 16.1. The number of hydrogen-bond acceptors (Lipinski definition) is 4. The molecular formula is C17H20ClN3O2. The van der Waals surface area contributed by atoms with E-state index in [1.165, 1.54) is 6.33 Å². The first-order chi connectivity index (χ1) is 10.8.